The summed E-state index contributed by atoms with van der Waals surface area (Å²) in [6.07, 6.45) is 0.291. The Bertz CT molecular complexity index is 417. The van der Waals surface area contributed by atoms with Crippen LogP contribution in [0.4, 0.5) is 0 Å². The molecule has 90 valence electrons. The minimum absolute atomic E-state index is 0.0226. The van der Waals surface area contributed by atoms with Gasteiger partial charge in [0.2, 0.25) is 11.8 Å². The number of nitrogens with one attached hydrogen (secondary N) is 1. The first kappa shape index (κ1) is 13.4. The van der Waals surface area contributed by atoms with Crippen LogP contribution in [0.25, 0.3) is 0 Å². The van der Waals surface area contributed by atoms with Crippen molar-refractivity contribution < 1.29 is 14.4 Å². The molecule has 0 unspecified atom stereocenters. The molecule has 5 heteroatoms. The Balaban J connectivity index is 2.31. The maximum atomic E-state index is 11.5. The minimum atomic E-state index is -0.441. The molecule has 0 atom stereocenters. The third-order valence-electron chi connectivity index (χ3n) is 1.87. The Labute approximate surface area is 104 Å². The molecule has 0 heterocycles. The second kappa shape index (κ2) is 6.85. The van der Waals surface area contributed by atoms with Gasteiger partial charge in [-0.05, 0) is 5.56 Å². The molecule has 0 fully saturated rings. The monoisotopic (exact) mass is 251 g/mol. The zero-order chi connectivity index (χ0) is 12.7. The number of rotatable bonds is 4. The van der Waals surface area contributed by atoms with Crippen LogP contribution in [0.5, 0.6) is 0 Å². The van der Waals surface area contributed by atoms with Crippen molar-refractivity contribution in [1.82, 2.24) is 5.32 Å². The van der Waals surface area contributed by atoms with Crippen molar-refractivity contribution in [3.8, 4) is 0 Å². The highest BCUT2D eigenvalue weighted by Crippen LogP contribution is 2.08. The first-order valence-corrected chi connectivity index (χ1v) is 6.06. The molecule has 0 saturated heterocycles. The van der Waals surface area contributed by atoms with E-state index in [1.165, 1.54) is 6.92 Å². The Morgan fingerprint density at radius 3 is 2.41 bits per heavy atom. The van der Waals surface area contributed by atoms with Crippen molar-refractivity contribution in [3.63, 3.8) is 0 Å². The molecule has 1 aromatic rings. The number of hydrogen-bond acceptors (Lipinski definition) is 4. The van der Waals surface area contributed by atoms with E-state index in [4.69, 9.17) is 0 Å². The largest absolute Gasteiger partial charge is 0.296 e. The van der Waals surface area contributed by atoms with E-state index in [0.717, 1.165) is 17.3 Å². The van der Waals surface area contributed by atoms with Crippen LogP contribution in [0.1, 0.15) is 12.5 Å². The maximum Gasteiger partial charge on any atom is 0.237 e. The fraction of sp³-hybridized carbons (Fsp3) is 0.250. The quantitative estimate of drug-likeness (QED) is 0.872. The second-order valence-electron chi connectivity index (χ2n) is 3.43. The molecular weight excluding hydrogens is 238 g/mol. The van der Waals surface area contributed by atoms with Crippen LogP contribution < -0.4 is 5.32 Å². The molecule has 1 rings (SSSR count). The normalized spacial score (nSPS) is 9.71. The van der Waals surface area contributed by atoms with Crippen LogP contribution in [0, 0.1) is 0 Å². The smallest absolute Gasteiger partial charge is 0.237 e. The van der Waals surface area contributed by atoms with Gasteiger partial charge in [0.25, 0.3) is 0 Å². The molecule has 0 aromatic heterocycles. The summed E-state index contributed by atoms with van der Waals surface area (Å²) in [6.45, 7) is 1.26. The van der Waals surface area contributed by atoms with E-state index < -0.39 is 11.8 Å². The molecule has 0 aliphatic carbocycles. The van der Waals surface area contributed by atoms with Crippen molar-refractivity contribution >= 4 is 28.7 Å². The van der Waals surface area contributed by atoms with Gasteiger partial charge >= 0.3 is 0 Å². The molecule has 0 saturated carbocycles. The third kappa shape index (κ3) is 5.87. The zero-order valence-corrected chi connectivity index (χ0v) is 10.3. The van der Waals surface area contributed by atoms with Crippen molar-refractivity contribution in [3.05, 3.63) is 35.9 Å². The Morgan fingerprint density at radius 2 is 1.82 bits per heavy atom. The van der Waals surface area contributed by atoms with Gasteiger partial charge in [-0.3, -0.25) is 19.7 Å². The van der Waals surface area contributed by atoms with Crippen molar-refractivity contribution in [2.75, 3.05) is 5.75 Å². The zero-order valence-electron chi connectivity index (χ0n) is 9.43. The molecule has 2 amide bonds. The van der Waals surface area contributed by atoms with Gasteiger partial charge in [-0.1, -0.05) is 42.1 Å². The van der Waals surface area contributed by atoms with Gasteiger partial charge in [0.05, 0.1) is 5.75 Å². The number of thioether (sulfide) groups is 1. The van der Waals surface area contributed by atoms with E-state index in [-0.39, 0.29) is 10.9 Å². The second-order valence-corrected chi connectivity index (χ2v) is 4.46. The standard InChI is InChI=1S/C12H13NO3S/c1-9(14)13-11(15)8-17-12(16)7-10-5-3-2-4-6-10/h2-6H,7-8H2,1H3,(H,13,14,15). The summed E-state index contributed by atoms with van der Waals surface area (Å²) in [7, 11) is 0. The van der Waals surface area contributed by atoms with Crippen molar-refractivity contribution in [2.45, 2.75) is 13.3 Å². The van der Waals surface area contributed by atoms with Crippen LogP contribution in [0.2, 0.25) is 0 Å². The fourth-order valence-corrected chi connectivity index (χ4v) is 1.83. The van der Waals surface area contributed by atoms with E-state index in [9.17, 15) is 14.4 Å². The molecule has 0 aliphatic heterocycles. The van der Waals surface area contributed by atoms with Crippen molar-refractivity contribution in [2.24, 2.45) is 0 Å². The molecule has 1 N–H and O–H groups in total. The van der Waals surface area contributed by atoms with E-state index in [0.29, 0.717) is 6.42 Å². The average Bonchev–Trinajstić information content (AvgIpc) is 2.27. The van der Waals surface area contributed by atoms with Crippen LogP contribution >= 0.6 is 11.8 Å². The SMILES string of the molecule is CC(=O)NC(=O)CSC(=O)Cc1ccccc1. The molecule has 0 spiro atoms. The molecule has 0 bridgehead atoms. The highest BCUT2D eigenvalue weighted by molar-refractivity contribution is 8.14. The van der Waals surface area contributed by atoms with Crippen LogP contribution in [0.3, 0.4) is 0 Å². The van der Waals surface area contributed by atoms with E-state index >= 15 is 0 Å². The summed E-state index contributed by atoms with van der Waals surface area (Å²) in [5, 5.41) is 2.02. The molecule has 0 radical (unpaired) electrons. The summed E-state index contributed by atoms with van der Waals surface area (Å²) in [6, 6.07) is 9.30. The first-order chi connectivity index (χ1) is 8.08. The predicted molar refractivity (Wildman–Crippen MR) is 66.4 cm³/mol. The maximum absolute atomic E-state index is 11.5. The van der Waals surface area contributed by atoms with Crippen LogP contribution in [0.15, 0.2) is 30.3 Å². The summed E-state index contributed by atoms with van der Waals surface area (Å²) >= 11 is 0.918. The minimum Gasteiger partial charge on any atom is -0.296 e. The van der Waals surface area contributed by atoms with E-state index in [1.54, 1.807) is 0 Å². The lowest BCUT2D eigenvalue weighted by atomic mass is 10.2. The van der Waals surface area contributed by atoms with Gasteiger partial charge in [0.1, 0.15) is 0 Å². The Kier molecular flexibility index (Phi) is 5.42. The summed E-state index contributed by atoms with van der Waals surface area (Å²) in [5.74, 6) is -0.874. The Morgan fingerprint density at radius 1 is 1.18 bits per heavy atom. The predicted octanol–water partition coefficient (Wildman–Crippen LogP) is 1.15. The van der Waals surface area contributed by atoms with Crippen molar-refractivity contribution in [1.29, 1.82) is 0 Å². The van der Waals surface area contributed by atoms with Gasteiger partial charge in [-0.2, -0.15) is 0 Å². The fourth-order valence-electron chi connectivity index (χ4n) is 1.19. The van der Waals surface area contributed by atoms with E-state index in [2.05, 4.69) is 5.32 Å². The molecule has 0 aliphatic rings. The summed E-state index contributed by atoms with van der Waals surface area (Å²) in [4.78, 5) is 33.2. The molecule has 4 nitrogen and oxygen atoms in total. The van der Waals surface area contributed by atoms with Gasteiger partial charge in [-0.15, -0.1) is 0 Å². The lowest BCUT2D eigenvalue weighted by Crippen LogP contribution is -2.29. The van der Waals surface area contributed by atoms with Crippen LogP contribution in [-0.4, -0.2) is 22.7 Å². The first-order valence-electron chi connectivity index (χ1n) is 5.08. The summed E-state index contributed by atoms with van der Waals surface area (Å²) < 4.78 is 0. The van der Waals surface area contributed by atoms with Gasteiger partial charge < -0.3 is 0 Å². The van der Waals surface area contributed by atoms with Crippen LogP contribution in [-0.2, 0) is 20.8 Å². The highest BCUT2D eigenvalue weighted by atomic mass is 32.2. The number of benzene rings is 1. The van der Waals surface area contributed by atoms with Gasteiger partial charge in [-0.25, -0.2) is 0 Å². The lowest BCUT2D eigenvalue weighted by molar-refractivity contribution is -0.127. The molecular formula is C12H13NO3S. The lowest BCUT2D eigenvalue weighted by Gasteiger charge is -2.01. The highest BCUT2D eigenvalue weighted by Gasteiger charge is 2.09. The molecule has 1 aromatic carbocycles. The number of carbonyl (C=O) groups is 3. The Hall–Kier alpha value is -1.62. The number of amides is 2. The molecule has 17 heavy (non-hydrogen) atoms. The van der Waals surface area contributed by atoms with E-state index in [1.807, 2.05) is 30.3 Å². The van der Waals surface area contributed by atoms with Gasteiger partial charge in [0, 0.05) is 13.3 Å². The number of hydrogen-bond donors (Lipinski definition) is 1. The number of imide groups is 1. The third-order valence-corrected chi connectivity index (χ3v) is 2.74. The topological polar surface area (TPSA) is 63.2 Å². The summed E-state index contributed by atoms with van der Waals surface area (Å²) in [5.41, 5.74) is 0.914. The van der Waals surface area contributed by atoms with Gasteiger partial charge in [0.15, 0.2) is 5.12 Å². The average molecular weight is 251 g/mol. The number of carbonyl (C=O) groups excluding carboxylic acids is 3.